The van der Waals surface area contributed by atoms with Crippen LogP contribution in [0.2, 0.25) is 0 Å². The molecule has 3 N–H and O–H groups in total. The third-order valence-electron chi connectivity index (χ3n) is 3.81. The fourth-order valence-electron chi connectivity index (χ4n) is 2.56. The molecular formula is C18H15N5O. The molecular weight excluding hydrogens is 302 g/mol. The van der Waals surface area contributed by atoms with Crippen LogP contribution in [0.1, 0.15) is 16.2 Å². The van der Waals surface area contributed by atoms with Gasteiger partial charge in [-0.3, -0.25) is 4.79 Å². The number of H-pyrrole nitrogens is 2. The third kappa shape index (κ3) is 2.77. The molecule has 0 fully saturated rings. The van der Waals surface area contributed by atoms with Crippen molar-refractivity contribution in [2.45, 2.75) is 6.54 Å². The Balaban J connectivity index is 1.45. The van der Waals surface area contributed by atoms with E-state index in [0.717, 1.165) is 22.3 Å². The summed E-state index contributed by atoms with van der Waals surface area (Å²) in [5, 5.41) is 2.87. The van der Waals surface area contributed by atoms with Gasteiger partial charge in [-0.2, -0.15) is 0 Å². The molecule has 0 aliphatic rings. The molecule has 0 spiro atoms. The van der Waals surface area contributed by atoms with Crippen molar-refractivity contribution in [3.05, 3.63) is 72.4 Å². The first-order valence-electron chi connectivity index (χ1n) is 7.60. The number of rotatable bonds is 4. The number of nitrogens with zero attached hydrogens (tertiary/aromatic N) is 2. The van der Waals surface area contributed by atoms with Crippen molar-refractivity contribution in [3.63, 3.8) is 0 Å². The minimum atomic E-state index is -0.149. The van der Waals surface area contributed by atoms with E-state index in [1.54, 1.807) is 24.7 Å². The van der Waals surface area contributed by atoms with E-state index in [1.807, 2.05) is 36.4 Å². The minimum Gasteiger partial charge on any atom is -0.345 e. The van der Waals surface area contributed by atoms with Gasteiger partial charge < -0.3 is 15.3 Å². The number of benzene rings is 2. The maximum absolute atomic E-state index is 12.3. The van der Waals surface area contributed by atoms with Crippen LogP contribution in [-0.2, 0) is 6.54 Å². The number of aromatic nitrogens is 4. The van der Waals surface area contributed by atoms with E-state index in [2.05, 4.69) is 25.3 Å². The maximum atomic E-state index is 12.3. The summed E-state index contributed by atoms with van der Waals surface area (Å²) in [5.74, 6) is 0.564. The van der Waals surface area contributed by atoms with Crippen molar-refractivity contribution in [2.75, 3.05) is 0 Å². The molecule has 0 aliphatic carbocycles. The summed E-state index contributed by atoms with van der Waals surface area (Å²) in [6.07, 6.45) is 3.38. The largest absolute Gasteiger partial charge is 0.345 e. The van der Waals surface area contributed by atoms with Crippen LogP contribution >= 0.6 is 0 Å². The van der Waals surface area contributed by atoms with E-state index < -0.39 is 0 Å². The van der Waals surface area contributed by atoms with Gasteiger partial charge >= 0.3 is 0 Å². The van der Waals surface area contributed by atoms with Crippen LogP contribution < -0.4 is 5.32 Å². The minimum absolute atomic E-state index is 0.149. The molecule has 0 aliphatic heterocycles. The van der Waals surface area contributed by atoms with Crippen molar-refractivity contribution in [1.29, 1.82) is 0 Å². The highest BCUT2D eigenvalue weighted by Gasteiger charge is 2.09. The third-order valence-corrected chi connectivity index (χ3v) is 3.81. The zero-order valence-corrected chi connectivity index (χ0v) is 12.8. The lowest BCUT2D eigenvalue weighted by Gasteiger charge is -2.03. The molecule has 4 aromatic rings. The Morgan fingerprint density at radius 2 is 1.96 bits per heavy atom. The fourth-order valence-corrected chi connectivity index (χ4v) is 2.56. The lowest BCUT2D eigenvalue weighted by atomic mass is 10.2. The quantitative estimate of drug-likeness (QED) is 0.541. The van der Waals surface area contributed by atoms with E-state index in [1.165, 1.54) is 0 Å². The zero-order chi connectivity index (χ0) is 16.4. The topological polar surface area (TPSA) is 86.5 Å². The van der Waals surface area contributed by atoms with E-state index >= 15 is 0 Å². The second-order valence-electron chi connectivity index (χ2n) is 5.43. The first-order chi connectivity index (χ1) is 11.8. The summed E-state index contributed by atoms with van der Waals surface area (Å²) in [5.41, 5.74) is 4.25. The number of hydrogen-bond donors (Lipinski definition) is 3. The molecule has 0 radical (unpaired) electrons. The maximum Gasteiger partial charge on any atom is 0.251 e. The van der Waals surface area contributed by atoms with Crippen LogP contribution in [-0.4, -0.2) is 25.8 Å². The number of nitrogens with one attached hydrogen (secondary N) is 3. The van der Waals surface area contributed by atoms with Crippen molar-refractivity contribution in [2.24, 2.45) is 0 Å². The van der Waals surface area contributed by atoms with E-state index in [0.29, 0.717) is 17.9 Å². The van der Waals surface area contributed by atoms with E-state index in [-0.39, 0.29) is 5.91 Å². The molecule has 6 nitrogen and oxygen atoms in total. The Bertz CT molecular complexity index is 987. The first-order valence-corrected chi connectivity index (χ1v) is 7.60. The van der Waals surface area contributed by atoms with Crippen molar-refractivity contribution >= 4 is 16.9 Å². The standard InChI is InChI=1S/C18H15N5O/c24-18(13-6-7-14-15(8-13)22-11-21-14)20-10-17-19-9-16(23-17)12-4-2-1-3-5-12/h1-9,11H,10H2,(H,19,23)(H,20,24)(H,21,22). The highest BCUT2D eigenvalue weighted by Crippen LogP contribution is 2.16. The first kappa shape index (κ1) is 14.2. The monoisotopic (exact) mass is 317 g/mol. The number of amides is 1. The Labute approximate surface area is 138 Å². The summed E-state index contributed by atoms with van der Waals surface area (Å²) < 4.78 is 0. The van der Waals surface area contributed by atoms with Gasteiger partial charge in [0.05, 0.1) is 35.8 Å². The van der Waals surface area contributed by atoms with Gasteiger partial charge in [0, 0.05) is 5.56 Å². The summed E-state index contributed by atoms with van der Waals surface area (Å²) in [4.78, 5) is 26.9. The van der Waals surface area contributed by atoms with Crippen LogP contribution in [0.4, 0.5) is 0 Å². The molecule has 0 bridgehead atoms. The predicted octanol–water partition coefficient (Wildman–Crippen LogP) is 2.88. The molecule has 1 amide bonds. The van der Waals surface area contributed by atoms with Crippen LogP contribution in [0.3, 0.4) is 0 Å². The van der Waals surface area contributed by atoms with Crippen molar-refractivity contribution in [1.82, 2.24) is 25.3 Å². The van der Waals surface area contributed by atoms with Gasteiger partial charge in [0.25, 0.3) is 5.91 Å². The summed E-state index contributed by atoms with van der Waals surface area (Å²) in [6, 6.07) is 15.3. The van der Waals surface area contributed by atoms with Gasteiger partial charge in [-0.15, -0.1) is 0 Å². The summed E-state index contributed by atoms with van der Waals surface area (Å²) in [7, 11) is 0. The molecule has 118 valence electrons. The Kier molecular flexibility index (Phi) is 3.55. The molecule has 0 saturated carbocycles. The molecule has 4 rings (SSSR count). The second kappa shape index (κ2) is 6.00. The molecule has 24 heavy (non-hydrogen) atoms. The number of carbonyl (C=O) groups excluding carboxylic acids is 1. The molecule has 0 atom stereocenters. The van der Waals surface area contributed by atoms with Gasteiger partial charge in [0.1, 0.15) is 5.82 Å². The van der Waals surface area contributed by atoms with Gasteiger partial charge in [-0.05, 0) is 23.8 Å². The zero-order valence-electron chi connectivity index (χ0n) is 12.8. The molecule has 6 heteroatoms. The normalized spacial score (nSPS) is 10.8. The van der Waals surface area contributed by atoms with Gasteiger partial charge in [0.2, 0.25) is 0 Å². The van der Waals surface area contributed by atoms with Gasteiger partial charge in [-0.25, -0.2) is 9.97 Å². The fraction of sp³-hybridized carbons (Fsp3) is 0.0556. The summed E-state index contributed by atoms with van der Waals surface area (Å²) in [6.45, 7) is 0.340. The molecule has 2 heterocycles. The highest BCUT2D eigenvalue weighted by atomic mass is 16.1. The van der Waals surface area contributed by atoms with Crippen LogP contribution in [0, 0.1) is 0 Å². The average molecular weight is 317 g/mol. The number of fused-ring (bicyclic) bond motifs is 1. The van der Waals surface area contributed by atoms with Gasteiger partial charge in [0.15, 0.2) is 0 Å². The second-order valence-corrected chi connectivity index (χ2v) is 5.43. The van der Waals surface area contributed by atoms with Crippen LogP contribution in [0.15, 0.2) is 61.1 Å². The number of carbonyl (C=O) groups is 1. The number of imidazole rings is 2. The molecule has 0 saturated heterocycles. The van der Waals surface area contributed by atoms with Gasteiger partial charge in [-0.1, -0.05) is 30.3 Å². The van der Waals surface area contributed by atoms with Crippen molar-refractivity contribution < 1.29 is 4.79 Å². The van der Waals surface area contributed by atoms with E-state index in [4.69, 9.17) is 0 Å². The number of hydrogen-bond acceptors (Lipinski definition) is 3. The Morgan fingerprint density at radius 1 is 1.08 bits per heavy atom. The lowest BCUT2D eigenvalue weighted by Crippen LogP contribution is -2.23. The highest BCUT2D eigenvalue weighted by molar-refractivity contribution is 5.97. The lowest BCUT2D eigenvalue weighted by molar-refractivity contribution is 0.0950. The molecule has 0 unspecified atom stereocenters. The van der Waals surface area contributed by atoms with Crippen LogP contribution in [0.5, 0.6) is 0 Å². The Morgan fingerprint density at radius 3 is 2.83 bits per heavy atom. The van der Waals surface area contributed by atoms with Crippen molar-refractivity contribution in [3.8, 4) is 11.3 Å². The molecule has 2 aromatic carbocycles. The number of aromatic amines is 2. The van der Waals surface area contributed by atoms with Crippen LogP contribution in [0.25, 0.3) is 22.3 Å². The molecule has 2 aromatic heterocycles. The smallest absolute Gasteiger partial charge is 0.251 e. The van der Waals surface area contributed by atoms with E-state index in [9.17, 15) is 4.79 Å². The SMILES string of the molecule is O=C(NCc1ncc(-c2ccccc2)[nH]1)c1ccc2nc[nH]c2c1. The summed E-state index contributed by atoms with van der Waals surface area (Å²) >= 11 is 0. The predicted molar refractivity (Wildman–Crippen MR) is 91.3 cm³/mol. The average Bonchev–Trinajstić information content (AvgIpc) is 3.29. The Hall–Kier alpha value is -3.41.